The van der Waals surface area contributed by atoms with E-state index >= 15 is 0 Å². The average molecular weight is 139 g/mol. The topological polar surface area (TPSA) is 54.9 Å². The minimum atomic E-state index is -0.490. The summed E-state index contributed by atoms with van der Waals surface area (Å²) in [5.74, 6) is 0. The van der Waals surface area contributed by atoms with Gasteiger partial charge < -0.3 is 4.98 Å². The highest BCUT2D eigenvalue weighted by Crippen LogP contribution is 1.76. The largest absolute Gasteiger partial charge is 0.328 e. The number of nitrogens with one attached hydrogen (secondary N) is 1. The van der Waals surface area contributed by atoms with Gasteiger partial charge in [-0.3, -0.25) is 9.36 Å². The van der Waals surface area contributed by atoms with Crippen LogP contribution in [0.3, 0.4) is 0 Å². The van der Waals surface area contributed by atoms with E-state index in [2.05, 4.69) is 12.0 Å². The molecule has 4 heteroatoms. The minimum absolute atomic E-state index is 0.358. The Kier molecular flexibility index (Phi) is 1.45. The van der Waals surface area contributed by atoms with Gasteiger partial charge in [0.05, 0.1) is 0 Å². The number of aromatic nitrogens is 2. The second kappa shape index (κ2) is 2.13. The van der Waals surface area contributed by atoms with E-state index in [0.29, 0.717) is 5.56 Å². The van der Waals surface area contributed by atoms with Gasteiger partial charge in [0.2, 0.25) is 0 Å². The Hall–Kier alpha value is -1.32. The summed E-state index contributed by atoms with van der Waals surface area (Å²) in [5, 5.41) is 0. The first-order valence-electron chi connectivity index (χ1n) is 2.75. The normalized spacial score (nSPS) is 9.80. The molecular weight excluding hydrogens is 132 g/mol. The van der Waals surface area contributed by atoms with Crippen molar-refractivity contribution in [2.75, 3.05) is 0 Å². The molecule has 0 atom stereocenters. The molecule has 1 N–H and O–H groups in total. The van der Waals surface area contributed by atoms with Gasteiger partial charge >= 0.3 is 5.69 Å². The van der Waals surface area contributed by atoms with E-state index in [1.165, 1.54) is 6.20 Å². The number of aryl methyl sites for hydroxylation is 1. The summed E-state index contributed by atoms with van der Waals surface area (Å²) >= 11 is 0. The van der Waals surface area contributed by atoms with Crippen LogP contribution in [0.15, 0.2) is 15.8 Å². The number of nitrogens with zero attached hydrogens (tertiary/aromatic N) is 1. The number of hydrogen-bond donors (Lipinski definition) is 1. The molecule has 1 heterocycles. The molecule has 0 aromatic carbocycles. The Morgan fingerprint density at radius 1 is 1.60 bits per heavy atom. The Balaban J connectivity index is 3.66. The fourth-order valence-corrected chi connectivity index (χ4v) is 0.615. The highest BCUT2D eigenvalue weighted by molar-refractivity contribution is 5.00. The average Bonchev–Trinajstić information content (AvgIpc) is 1.93. The van der Waals surface area contributed by atoms with Crippen molar-refractivity contribution in [3.63, 3.8) is 0 Å². The van der Waals surface area contributed by atoms with E-state index in [-0.39, 0.29) is 5.56 Å². The highest BCUT2D eigenvalue weighted by Gasteiger charge is 1.96. The highest BCUT2D eigenvalue weighted by atomic mass is 16.2. The van der Waals surface area contributed by atoms with Gasteiger partial charge in [0, 0.05) is 18.8 Å². The molecule has 4 nitrogen and oxygen atoms in total. The molecule has 1 rings (SSSR count). The fourth-order valence-electron chi connectivity index (χ4n) is 0.615. The van der Waals surface area contributed by atoms with E-state index in [1.807, 2.05) is 0 Å². The van der Waals surface area contributed by atoms with Crippen LogP contribution in [0, 0.1) is 14.0 Å². The van der Waals surface area contributed by atoms with E-state index in [0.717, 1.165) is 4.57 Å². The van der Waals surface area contributed by atoms with Crippen LogP contribution in [0.2, 0.25) is 0 Å². The summed E-state index contributed by atoms with van der Waals surface area (Å²) in [6.45, 7) is 1.61. The third-order valence-electron chi connectivity index (χ3n) is 1.24. The van der Waals surface area contributed by atoms with Gasteiger partial charge in [-0.15, -0.1) is 0 Å². The van der Waals surface area contributed by atoms with Gasteiger partial charge in [-0.05, 0) is 6.92 Å². The lowest BCUT2D eigenvalue weighted by atomic mass is 10.4. The van der Waals surface area contributed by atoms with Gasteiger partial charge in [0.25, 0.3) is 5.56 Å². The maximum absolute atomic E-state index is 10.9. The zero-order chi connectivity index (χ0) is 7.72. The number of rotatable bonds is 0. The van der Waals surface area contributed by atoms with Gasteiger partial charge in [-0.25, -0.2) is 4.79 Å². The Morgan fingerprint density at radius 3 is 2.70 bits per heavy atom. The molecule has 53 valence electrons. The van der Waals surface area contributed by atoms with Crippen LogP contribution in [0.4, 0.5) is 0 Å². The molecule has 0 saturated carbocycles. The van der Waals surface area contributed by atoms with E-state index < -0.39 is 5.69 Å². The molecule has 0 bridgehead atoms. The fraction of sp³-hybridized carbons (Fsp3) is 0.167. The SMILES string of the molecule is [CH2]n1c(=O)[nH]cc(C)c1=O. The minimum Gasteiger partial charge on any atom is -0.314 e. The molecule has 0 unspecified atom stereocenters. The third kappa shape index (κ3) is 0.877. The van der Waals surface area contributed by atoms with Crippen molar-refractivity contribution in [2.24, 2.45) is 0 Å². The first-order chi connectivity index (χ1) is 4.63. The molecule has 0 aliphatic rings. The van der Waals surface area contributed by atoms with Crippen LogP contribution in [-0.4, -0.2) is 9.55 Å². The molecule has 0 fully saturated rings. The maximum atomic E-state index is 10.9. The van der Waals surface area contributed by atoms with Crippen LogP contribution in [-0.2, 0) is 0 Å². The quantitative estimate of drug-likeness (QED) is 0.526. The van der Waals surface area contributed by atoms with Crippen LogP contribution < -0.4 is 11.2 Å². The van der Waals surface area contributed by atoms with Crippen molar-refractivity contribution in [2.45, 2.75) is 6.92 Å². The lowest BCUT2D eigenvalue weighted by Crippen LogP contribution is -2.32. The second-order valence-corrected chi connectivity index (χ2v) is 2.01. The lowest BCUT2D eigenvalue weighted by Gasteiger charge is -1.93. The van der Waals surface area contributed by atoms with Gasteiger partial charge in [0.15, 0.2) is 0 Å². The number of H-pyrrole nitrogens is 1. The van der Waals surface area contributed by atoms with Crippen LogP contribution in [0.5, 0.6) is 0 Å². The second-order valence-electron chi connectivity index (χ2n) is 2.01. The molecule has 0 amide bonds. The summed E-state index contributed by atoms with van der Waals surface area (Å²) in [5.41, 5.74) is -0.367. The van der Waals surface area contributed by atoms with Crippen LogP contribution in [0.25, 0.3) is 0 Å². The van der Waals surface area contributed by atoms with Crippen molar-refractivity contribution in [1.29, 1.82) is 0 Å². The summed E-state index contributed by atoms with van der Waals surface area (Å²) in [4.78, 5) is 23.9. The standard InChI is InChI=1S/C6H7N2O2/c1-4-3-7-6(10)8(2)5(4)9/h3H,2H2,1H3,(H,7,10). The molecule has 0 aliphatic carbocycles. The molecule has 1 aromatic heterocycles. The molecule has 0 saturated heterocycles. The van der Waals surface area contributed by atoms with E-state index in [4.69, 9.17) is 0 Å². The number of aromatic amines is 1. The molecule has 10 heavy (non-hydrogen) atoms. The van der Waals surface area contributed by atoms with E-state index in [1.54, 1.807) is 6.92 Å². The predicted molar refractivity (Wildman–Crippen MR) is 36.8 cm³/mol. The third-order valence-corrected chi connectivity index (χ3v) is 1.24. The van der Waals surface area contributed by atoms with E-state index in [9.17, 15) is 9.59 Å². The molecule has 0 aliphatic heterocycles. The monoisotopic (exact) mass is 139 g/mol. The molecule has 0 spiro atoms. The van der Waals surface area contributed by atoms with Crippen molar-refractivity contribution in [3.8, 4) is 0 Å². The zero-order valence-electron chi connectivity index (χ0n) is 5.55. The van der Waals surface area contributed by atoms with Crippen molar-refractivity contribution >= 4 is 0 Å². The van der Waals surface area contributed by atoms with Gasteiger partial charge in [0.1, 0.15) is 0 Å². The Bertz CT molecular complexity index is 348. The number of hydrogen-bond acceptors (Lipinski definition) is 2. The van der Waals surface area contributed by atoms with Crippen LogP contribution >= 0.6 is 0 Å². The van der Waals surface area contributed by atoms with Gasteiger partial charge in [-0.2, -0.15) is 0 Å². The first kappa shape index (κ1) is 6.80. The molecule has 1 aromatic rings. The smallest absolute Gasteiger partial charge is 0.314 e. The zero-order valence-corrected chi connectivity index (χ0v) is 5.55. The maximum Gasteiger partial charge on any atom is 0.328 e. The first-order valence-corrected chi connectivity index (χ1v) is 2.75. The Labute approximate surface area is 57.1 Å². The van der Waals surface area contributed by atoms with Crippen LogP contribution in [0.1, 0.15) is 5.56 Å². The van der Waals surface area contributed by atoms with Gasteiger partial charge in [-0.1, -0.05) is 0 Å². The summed E-state index contributed by atoms with van der Waals surface area (Å²) in [6.07, 6.45) is 1.37. The van der Waals surface area contributed by atoms with Crippen molar-refractivity contribution < 1.29 is 0 Å². The predicted octanol–water partition coefficient (Wildman–Crippen LogP) is -0.515. The molecule has 1 radical (unpaired) electrons. The summed E-state index contributed by atoms with van der Waals surface area (Å²) in [6, 6.07) is 0. The summed E-state index contributed by atoms with van der Waals surface area (Å²) < 4.78 is 0.787. The lowest BCUT2D eigenvalue weighted by molar-refractivity contribution is 0.856. The summed E-state index contributed by atoms with van der Waals surface area (Å²) in [7, 11) is 3.24. The molecular formula is C6H7N2O2. The van der Waals surface area contributed by atoms with Crippen molar-refractivity contribution in [3.05, 3.63) is 39.6 Å². The van der Waals surface area contributed by atoms with Crippen molar-refractivity contribution in [1.82, 2.24) is 9.55 Å². The Morgan fingerprint density at radius 2 is 2.20 bits per heavy atom.